The van der Waals surface area contributed by atoms with E-state index in [1.54, 1.807) is 19.1 Å². The fraction of sp³-hybridized carbons (Fsp3) is 0.500. The first-order valence-electron chi connectivity index (χ1n) is 4.12. The number of sulfone groups is 1. The van der Waals surface area contributed by atoms with E-state index in [1.807, 2.05) is 0 Å². The maximum absolute atomic E-state index is 11.8. The summed E-state index contributed by atoms with van der Waals surface area (Å²) in [6.07, 6.45) is 0.425. The van der Waals surface area contributed by atoms with Crippen LogP contribution < -0.4 is 0 Å². The zero-order valence-corrected chi connectivity index (χ0v) is 10.8. The molecule has 0 fully saturated rings. The third kappa shape index (κ3) is 2.36. The van der Waals surface area contributed by atoms with Crippen LogP contribution in [0.1, 0.15) is 13.3 Å². The molecule has 0 bridgehead atoms. The highest BCUT2D eigenvalue weighted by Crippen LogP contribution is 2.29. The van der Waals surface area contributed by atoms with Crippen LogP contribution in [0.5, 0.6) is 0 Å². The van der Waals surface area contributed by atoms with Gasteiger partial charge in [-0.3, -0.25) is 0 Å². The van der Waals surface area contributed by atoms with E-state index in [0.717, 1.165) is 3.79 Å². The third-order valence-corrected chi connectivity index (χ3v) is 6.35. The first-order valence-corrected chi connectivity index (χ1v) is 7.28. The Hall–Kier alpha value is 0.0900. The SMILES string of the molecule is CCC(CO)S(=O)(=O)c1ccc(Br)s1. The number of hydrogen-bond acceptors (Lipinski definition) is 4. The molecule has 6 heteroatoms. The smallest absolute Gasteiger partial charge is 0.192 e. The van der Waals surface area contributed by atoms with E-state index < -0.39 is 15.1 Å². The van der Waals surface area contributed by atoms with Gasteiger partial charge in [-0.25, -0.2) is 8.42 Å². The minimum absolute atomic E-state index is 0.310. The maximum Gasteiger partial charge on any atom is 0.192 e. The van der Waals surface area contributed by atoms with Crippen molar-refractivity contribution < 1.29 is 13.5 Å². The molecule has 80 valence electrons. The van der Waals surface area contributed by atoms with Crippen LogP contribution in [0.15, 0.2) is 20.1 Å². The molecule has 1 rings (SSSR count). The van der Waals surface area contributed by atoms with Crippen LogP contribution in [0.3, 0.4) is 0 Å². The highest BCUT2D eigenvalue weighted by Gasteiger charge is 2.26. The number of halogens is 1. The summed E-state index contributed by atoms with van der Waals surface area (Å²) in [6, 6.07) is 3.25. The van der Waals surface area contributed by atoms with Crippen molar-refractivity contribution in [3.63, 3.8) is 0 Å². The Morgan fingerprint density at radius 2 is 2.21 bits per heavy atom. The van der Waals surface area contributed by atoms with Gasteiger partial charge in [0.1, 0.15) is 4.21 Å². The van der Waals surface area contributed by atoms with Crippen LogP contribution in [0.2, 0.25) is 0 Å². The molecular formula is C8H11BrO3S2. The van der Waals surface area contributed by atoms with Crippen LogP contribution in [0.25, 0.3) is 0 Å². The van der Waals surface area contributed by atoms with Gasteiger partial charge < -0.3 is 5.11 Å². The summed E-state index contributed by atoms with van der Waals surface area (Å²) in [6.45, 7) is 1.43. The Morgan fingerprint density at radius 3 is 2.57 bits per heavy atom. The summed E-state index contributed by atoms with van der Waals surface area (Å²) in [4.78, 5) is 0. The summed E-state index contributed by atoms with van der Waals surface area (Å²) in [7, 11) is -3.34. The van der Waals surface area contributed by atoms with Gasteiger partial charge in [-0.2, -0.15) is 0 Å². The first-order chi connectivity index (χ1) is 6.52. The van der Waals surface area contributed by atoms with Crippen molar-refractivity contribution >= 4 is 37.1 Å². The molecule has 0 aromatic carbocycles. The van der Waals surface area contributed by atoms with E-state index in [0.29, 0.717) is 10.6 Å². The molecule has 0 amide bonds. The average molecular weight is 299 g/mol. The van der Waals surface area contributed by atoms with Crippen LogP contribution in [0, 0.1) is 0 Å². The number of thiophene rings is 1. The molecule has 1 atom stereocenters. The Morgan fingerprint density at radius 1 is 1.57 bits per heavy atom. The van der Waals surface area contributed by atoms with Crippen molar-refractivity contribution in [1.82, 2.24) is 0 Å². The highest BCUT2D eigenvalue weighted by molar-refractivity contribution is 9.11. The van der Waals surface area contributed by atoms with Crippen LogP contribution in [-0.4, -0.2) is 25.4 Å². The van der Waals surface area contributed by atoms with Gasteiger partial charge in [0, 0.05) is 0 Å². The Balaban J connectivity index is 3.07. The second-order valence-corrected chi connectivity index (χ2v) is 7.73. The molecule has 1 heterocycles. The Labute approximate surface area is 95.8 Å². The van der Waals surface area contributed by atoms with Crippen molar-refractivity contribution in [2.45, 2.75) is 22.8 Å². The quantitative estimate of drug-likeness (QED) is 0.926. The molecule has 0 aliphatic carbocycles. The predicted molar refractivity (Wildman–Crippen MR) is 60.4 cm³/mol. The van der Waals surface area contributed by atoms with Gasteiger partial charge in [-0.05, 0) is 34.5 Å². The zero-order chi connectivity index (χ0) is 10.8. The molecule has 3 nitrogen and oxygen atoms in total. The predicted octanol–water partition coefficient (Wildman–Crippen LogP) is 2.06. The topological polar surface area (TPSA) is 54.4 Å². The van der Waals surface area contributed by atoms with Crippen molar-refractivity contribution in [3.8, 4) is 0 Å². The van der Waals surface area contributed by atoms with Gasteiger partial charge >= 0.3 is 0 Å². The molecule has 0 radical (unpaired) electrons. The summed E-state index contributed by atoms with van der Waals surface area (Å²) >= 11 is 4.38. The number of aliphatic hydroxyl groups is 1. The third-order valence-electron chi connectivity index (χ3n) is 1.93. The van der Waals surface area contributed by atoms with Gasteiger partial charge in [-0.15, -0.1) is 11.3 Å². The van der Waals surface area contributed by atoms with Crippen molar-refractivity contribution in [2.75, 3.05) is 6.61 Å². The van der Waals surface area contributed by atoms with Crippen LogP contribution >= 0.6 is 27.3 Å². The molecule has 0 saturated heterocycles. The molecule has 1 unspecified atom stereocenters. The van der Waals surface area contributed by atoms with Crippen molar-refractivity contribution in [1.29, 1.82) is 0 Å². The molecule has 0 spiro atoms. The minimum Gasteiger partial charge on any atom is -0.395 e. The molecule has 0 aliphatic heterocycles. The second kappa shape index (κ2) is 4.74. The van der Waals surface area contributed by atoms with E-state index in [1.165, 1.54) is 11.3 Å². The lowest BCUT2D eigenvalue weighted by atomic mass is 10.3. The Bertz CT molecular complexity index is 392. The lowest BCUT2D eigenvalue weighted by Crippen LogP contribution is -2.23. The monoisotopic (exact) mass is 298 g/mol. The van der Waals surface area contributed by atoms with E-state index in [2.05, 4.69) is 15.9 Å². The van der Waals surface area contributed by atoms with Gasteiger partial charge in [0.2, 0.25) is 0 Å². The van der Waals surface area contributed by atoms with Crippen LogP contribution in [-0.2, 0) is 9.84 Å². The molecule has 1 aromatic heterocycles. The van der Waals surface area contributed by atoms with Crippen LogP contribution in [0.4, 0.5) is 0 Å². The fourth-order valence-corrected chi connectivity index (χ4v) is 4.87. The summed E-state index contributed by atoms with van der Waals surface area (Å²) < 4.78 is 24.8. The molecule has 14 heavy (non-hydrogen) atoms. The number of aliphatic hydroxyl groups excluding tert-OH is 1. The Kier molecular flexibility index (Phi) is 4.12. The average Bonchev–Trinajstić information content (AvgIpc) is 2.54. The minimum atomic E-state index is -3.34. The molecule has 0 saturated carbocycles. The van der Waals surface area contributed by atoms with Crippen molar-refractivity contribution in [2.24, 2.45) is 0 Å². The number of rotatable bonds is 4. The van der Waals surface area contributed by atoms with Gasteiger partial charge in [0.15, 0.2) is 9.84 Å². The maximum atomic E-state index is 11.8. The largest absolute Gasteiger partial charge is 0.395 e. The van der Waals surface area contributed by atoms with E-state index in [-0.39, 0.29) is 6.61 Å². The van der Waals surface area contributed by atoms with Gasteiger partial charge in [0.25, 0.3) is 0 Å². The lowest BCUT2D eigenvalue weighted by Gasteiger charge is -2.10. The lowest BCUT2D eigenvalue weighted by molar-refractivity contribution is 0.288. The summed E-state index contributed by atoms with van der Waals surface area (Å²) in [5.74, 6) is 0. The standard InChI is InChI=1S/C8H11BrO3S2/c1-2-6(5-10)14(11,12)8-4-3-7(9)13-8/h3-4,6,10H,2,5H2,1H3. The molecule has 0 aliphatic rings. The summed E-state index contributed by atoms with van der Waals surface area (Å²) in [5.41, 5.74) is 0. The van der Waals surface area contributed by atoms with E-state index in [4.69, 9.17) is 5.11 Å². The zero-order valence-electron chi connectivity index (χ0n) is 7.60. The molecule has 1 N–H and O–H groups in total. The van der Waals surface area contributed by atoms with E-state index >= 15 is 0 Å². The second-order valence-electron chi connectivity index (χ2n) is 2.82. The highest BCUT2D eigenvalue weighted by atomic mass is 79.9. The van der Waals surface area contributed by atoms with E-state index in [9.17, 15) is 8.42 Å². The number of hydrogen-bond donors (Lipinski definition) is 1. The summed E-state index contributed by atoms with van der Waals surface area (Å²) in [5, 5.41) is 8.26. The fourth-order valence-electron chi connectivity index (χ4n) is 1.06. The normalized spacial score (nSPS) is 14.2. The van der Waals surface area contributed by atoms with Crippen molar-refractivity contribution in [3.05, 3.63) is 15.9 Å². The van der Waals surface area contributed by atoms with Gasteiger partial charge in [0.05, 0.1) is 15.6 Å². The van der Waals surface area contributed by atoms with Gasteiger partial charge in [-0.1, -0.05) is 6.92 Å². The molecular weight excluding hydrogens is 288 g/mol. The first kappa shape index (κ1) is 12.2. The molecule has 1 aromatic rings.